The van der Waals surface area contributed by atoms with Crippen molar-refractivity contribution in [2.45, 2.75) is 51.5 Å². The molecular weight excluding hydrogens is 222 g/mol. The Hall–Kier alpha value is -0.0900. The maximum absolute atomic E-state index is 11.1. The van der Waals surface area contributed by atoms with Crippen LogP contribution >= 0.6 is 0 Å². The van der Waals surface area contributed by atoms with Gasteiger partial charge in [0.25, 0.3) is 0 Å². The normalized spacial score (nSPS) is 36.2. The van der Waals surface area contributed by atoms with E-state index in [1.54, 1.807) is 0 Å². The van der Waals surface area contributed by atoms with Crippen molar-refractivity contribution in [3.05, 3.63) is 0 Å². The van der Waals surface area contributed by atoms with E-state index in [2.05, 4.69) is 13.8 Å². The Morgan fingerprint density at radius 3 is 2.44 bits per heavy atom. The van der Waals surface area contributed by atoms with Crippen molar-refractivity contribution in [2.75, 3.05) is 12.0 Å². The number of sulfone groups is 1. The molecule has 1 saturated carbocycles. The topological polar surface area (TPSA) is 60.2 Å². The molecule has 96 valence electrons. The predicted molar refractivity (Wildman–Crippen MR) is 68.0 cm³/mol. The van der Waals surface area contributed by atoms with Crippen LogP contribution in [0.3, 0.4) is 0 Å². The number of hydrogen-bond donors (Lipinski definition) is 1. The zero-order valence-electron chi connectivity index (χ0n) is 10.7. The average molecular weight is 247 g/mol. The lowest BCUT2D eigenvalue weighted by Crippen LogP contribution is -2.46. The molecule has 2 N–H and O–H groups in total. The number of nitrogens with two attached hydrogens (primary N) is 1. The van der Waals surface area contributed by atoms with E-state index < -0.39 is 9.84 Å². The van der Waals surface area contributed by atoms with Gasteiger partial charge in [0, 0.05) is 17.5 Å². The minimum absolute atomic E-state index is 0.114. The molecule has 3 atom stereocenters. The molecule has 0 saturated heterocycles. The summed E-state index contributed by atoms with van der Waals surface area (Å²) in [6, 6.07) is 0. The van der Waals surface area contributed by atoms with Crippen LogP contribution in [0, 0.1) is 11.8 Å². The second-order valence-electron chi connectivity index (χ2n) is 5.79. The zero-order chi connectivity index (χ0) is 12.4. The van der Waals surface area contributed by atoms with Crippen LogP contribution in [0.2, 0.25) is 0 Å². The highest BCUT2D eigenvalue weighted by molar-refractivity contribution is 7.90. The lowest BCUT2D eigenvalue weighted by Gasteiger charge is -2.40. The molecule has 16 heavy (non-hydrogen) atoms. The monoisotopic (exact) mass is 247 g/mol. The van der Waals surface area contributed by atoms with E-state index in [0.717, 1.165) is 25.2 Å². The van der Waals surface area contributed by atoms with Gasteiger partial charge in [0.05, 0.1) is 0 Å². The van der Waals surface area contributed by atoms with Crippen LogP contribution in [0.4, 0.5) is 0 Å². The Morgan fingerprint density at radius 2 is 1.94 bits per heavy atom. The van der Waals surface area contributed by atoms with E-state index in [1.165, 1.54) is 12.7 Å². The smallest absolute Gasteiger partial charge is 0.147 e. The van der Waals surface area contributed by atoms with E-state index in [9.17, 15) is 8.42 Å². The lowest BCUT2D eigenvalue weighted by atomic mass is 9.70. The molecule has 0 spiro atoms. The highest BCUT2D eigenvalue weighted by Crippen LogP contribution is 2.37. The van der Waals surface area contributed by atoms with E-state index in [4.69, 9.17) is 5.73 Å². The zero-order valence-corrected chi connectivity index (χ0v) is 11.5. The van der Waals surface area contributed by atoms with Crippen LogP contribution in [0.25, 0.3) is 0 Å². The minimum Gasteiger partial charge on any atom is -0.325 e. The fourth-order valence-corrected chi connectivity index (χ4v) is 3.33. The quantitative estimate of drug-likeness (QED) is 0.826. The fourth-order valence-electron chi connectivity index (χ4n) is 2.66. The highest BCUT2D eigenvalue weighted by Gasteiger charge is 2.33. The van der Waals surface area contributed by atoms with Gasteiger partial charge in [-0.2, -0.15) is 0 Å². The summed E-state index contributed by atoms with van der Waals surface area (Å²) in [7, 11) is -2.83. The molecule has 1 aliphatic rings. The van der Waals surface area contributed by atoms with Crippen LogP contribution < -0.4 is 5.73 Å². The molecule has 0 radical (unpaired) electrons. The molecule has 0 bridgehead atoms. The fraction of sp³-hybridized carbons (Fsp3) is 1.00. The van der Waals surface area contributed by atoms with Gasteiger partial charge < -0.3 is 5.73 Å². The van der Waals surface area contributed by atoms with Gasteiger partial charge in [-0.1, -0.05) is 13.8 Å². The summed E-state index contributed by atoms with van der Waals surface area (Å²) >= 11 is 0. The first-order chi connectivity index (χ1) is 7.22. The van der Waals surface area contributed by atoms with Crippen molar-refractivity contribution < 1.29 is 8.42 Å². The van der Waals surface area contributed by atoms with E-state index in [-0.39, 0.29) is 11.3 Å². The van der Waals surface area contributed by atoms with Gasteiger partial charge in [0.15, 0.2) is 0 Å². The Labute approximate surface area is 99.7 Å². The summed E-state index contributed by atoms with van der Waals surface area (Å²) in [6.07, 6.45) is 6.10. The van der Waals surface area contributed by atoms with Crippen molar-refractivity contribution in [3.63, 3.8) is 0 Å². The predicted octanol–water partition coefficient (Wildman–Crippen LogP) is 1.96. The minimum atomic E-state index is -2.83. The first-order valence-electron chi connectivity index (χ1n) is 6.18. The Bertz CT molecular complexity index is 326. The van der Waals surface area contributed by atoms with Gasteiger partial charge in [-0.25, -0.2) is 8.42 Å². The third kappa shape index (κ3) is 4.42. The maximum Gasteiger partial charge on any atom is 0.147 e. The first-order valence-corrected chi connectivity index (χ1v) is 8.24. The Morgan fingerprint density at radius 1 is 1.31 bits per heavy atom. The van der Waals surface area contributed by atoms with E-state index in [0.29, 0.717) is 12.3 Å². The SMILES string of the molecule is CC1CCC(N)(CCCS(C)(=O)=O)CC1C. The molecule has 3 nitrogen and oxygen atoms in total. The van der Waals surface area contributed by atoms with Crippen molar-refractivity contribution in [2.24, 2.45) is 17.6 Å². The molecule has 0 heterocycles. The largest absolute Gasteiger partial charge is 0.325 e. The Kier molecular flexibility index (Phi) is 4.41. The first kappa shape index (κ1) is 14.0. The molecular formula is C12H25NO2S. The number of rotatable bonds is 4. The van der Waals surface area contributed by atoms with Crippen molar-refractivity contribution in [1.82, 2.24) is 0 Å². The molecule has 4 heteroatoms. The molecule has 1 fully saturated rings. The average Bonchev–Trinajstić information content (AvgIpc) is 2.10. The summed E-state index contributed by atoms with van der Waals surface area (Å²) in [4.78, 5) is 0. The van der Waals surface area contributed by atoms with E-state index in [1.807, 2.05) is 0 Å². The van der Waals surface area contributed by atoms with Crippen LogP contribution in [-0.2, 0) is 9.84 Å². The Balaban J connectivity index is 2.41. The molecule has 0 amide bonds. The molecule has 0 aromatic heterocycles. The van der Waals surface area contributed by atoms with Gasteiger partial charge in [0.2, 0.25) is 0 Å². The van der Waals surface area contributed by atoms with Gasteiger partial charge in [-0.3, -0.25) is 0 Å². The van der Waals surface area contributed by atoms with Gasteiger partial charge >= 0.3 is 0 Å². The van der Waals surface area contributed by atoms with Crippen LogP contribution in [-0.4, -0.2) is 26.0 Å². The van der Waals surface area contributed by atoms with Gasteiger partial charge in [-0.15, -0.1) is 0 Å². The highest BCUT2D eigenvalue weighted by atomic mass is 32.2. The van der Waals surface area contributed by atoms with Crippen molar-refractivity contribution >= 4 is 9.84 Å². The molecule has 0 aliphatic heterocycles. The summed E-state index contributed by atoms with van der Waals surface area (Å²) in [5.74, 6) is 1.69. The summed E-state index contributed by atoms with van der Waals surface area (Å²) in [5, 5.41) is 0. The van der Waals surface area contributed by atoms with Crippen molar-refractivity contribution in [1.29, 1.82) is 0 Å². The summed E-state index contributed by atoms with van der Waals surface area (Å²) in [6.45, 7) is 4.53. The third-order valence-corrected chi connectivity index (χ3v) is 5.02. The van der Waals surface area contributed by atoms with Crippen LogP contribution in [0.1, 0.15) is 46.0 Å². The lowest BCUT2D eigenvalue weighted by molar-refractivity contribution is 0.167. The van der Waals surface area contributed by atoms with Gasteiger partial charge in [0.1, 0.15) is 9.84 Å². The summed E-state index contributed by atoms with van der Waals surface area (Å²) < 4.78 is 22.1. The summed E-state index contributed by atoms with van der Waals surface area (Å²) in [5.41, 5.74) is 6.23. The molecule has 0 aromatic carbocycles. The maximum atomic E-state index is 11.1. The standard InChI is InChI=1S/C12H25NO2S/c1-10-5-7-12(13,9-11(10)2)6-4-8-16(3,14)15/h10-11H,4-9,13H2,1-3H3. The van der Waals surface area contributed by atoms with E-state index >= 15 is 0 Å². The van der Waals surface area contributed by atoms with Crippen LogP contribution in [0.5, 0.6) is 0 Å². The second kappa shape index (κ2) is 5.05. The molecule has 0 aromatic rings. The second-order valence-corrected chi connectivity index (χ2v) is 8.05. The molecule has 1 aliphatic carbocycles. The molecule has 3 unspecified atom stereocenters. The van der Waals surface area contributed by atoms with Gasteiger partial charge in [-0.05, 0) is 43.9 Å². The number of hydrogen-bond acceptors (Lipinski definition) is 3. The van der Waals surface area contributed by atoms with Crippen LogP contribution in [0.15, 0.2) is 0 Å². The van der Waals surface area contributed by atoms with Crippen molar-refractivity contribution in [3.8, 4) is 0 Å². The third-order valence-electron chi connectivity index (χ3n) is 3.99. The molecule has 1 rings (SSSR count).